The molecule has 2 rings (SSSR count). The lowest BCUT2D eigenvalue weighted by atomic mass is 10.1. The van der Waals surface area contributed by atoms with Crippen LogP contribution < -0.4 is 0 Å². The van der Waals surface area contributed by atoms with Crippen molar-refractivity contribution in [2.75, 3.05) is 13.1 Å². The van der Waals surface area contributed by atoms with Crippen LogP contribution in [0.25, 0.3) is 0 Å². The largest absolute Gasteiger partial charge is 0.444 e. The van der Waals surface area contributed by atoms with Gasteiger partial charge in [0.2, 0.25) is 0 Å². The summed E-state index contributed by atoms with van der Waals surface area (Å²) < 4.78 is 7.43. The normalized spacial score (nSPS) is 20.2. The molecule has 18 heavy (non-hydrogen) atoms. The van der Waals surface area contributed by atoms with Gasteiger partial charge in [-0.3, -0.25) is 0 Å². The van der Waals surface area contributed by atoms with Gasteiger partial charge in [-0.2, -0.15) is 0 Å². The van der Waals surface area contributed by atoms with Crippen molar-refractivity contribution in [2.45, 2.75) is 39.3 Å². The zero-order valence-corrected chi connectivity index (χ0v) is 11.3. The van der Waals surface area contributed by atoms with Crippen LogP contribution in [0.3, 0.4) is 0 Å². The molecule has 1 amide bonds. The minimum Gasteiger partial charge on any atom is -0.444 e. The summed E-state index contributed by atoms with van der Waals surface area (Å²) >= 11 is 0. The highest BCUT2D eigenvalue weighted by Gasteiger charge is 2.29. The van der Waals surface area contributed by atoms with Crippen LogP contribution in [0.2, 0.25) is 0 Å². The smallest absolute Gasteiger partial charge is 0.410 e. The van der Waals surface area contributed by atoms with Crippen LogP contribution in [0.1, 0.15) is 27.2 Å². The average Bonchev–Trinajstić information content (AvgIpc) is 2.86. The van der Waals surface area contributed by atoms with Gasteiger partial charge in [-0.05, 0) is 33.1 Å². The number of nitrogens with zero attached hydrogens (tertiary/aromatic N) is 3. The maximum absolute atomic E-state index is 11.9. The molecule has 1 atom stereocenters. The zero-order valence-electron chi connectivity index (χ0n) is 11.3. The molecule has 2 heterocycles. The van der Waals surface area contributed by atoms with Crippen molar-refractivity contribution in [3.05, 3.63) is 18.7 Å². The molecule has 0 aliphatic carbocycles. The Morgan fingerprint density at radius 2 is 2.28 bits per heavy atom. The van der Waals surface area contributed by atoms with Crippen LogP contribution in [0.15, 0.2) is 18.7 Å². The molecule has 0 N–H and O–H groups in total. The summed E-state index contributed by atoms with van der Waals surface area (Å²) in [6, 6.07) is 0. The second-order valence-electron chi connectivity index (χ2n) is 5.84. The van der Waals surface area contributed by atoms with Crippen LogP contribution in [-0.2, 0) is 11.3 Å². The van der Waals surface area contributed by atoms with E-state index in [9.17, 15) is 4.79 Å². The summed E-state index contributed by atoms with van der Waals surface area (Å²) in [5.41, 5.74) is -0.417. The van der Waals surface area contributed by atoms with E-state index in [1.54, 1.807) is 11.1 Å². The minimum atomic E-state index is -0.417. The number of hydrogen-bond acceptors (Lipinski definition) is 3. The van der Waals surface area contributed by atoms with Gasteiger partial charge in [-0.15, -0.1) is 0 Å². The number of hydrogen-bond donors (Lipinski definition) is 0. The summed E-state index contributed by atoms with van der Waals surface area (Å²) in [7, 11) is 0. The molecule has 1 aliphatic rings. The second kappa shape index (κ2) is 5.00. The molecule has 1 fully saturated rings. The molecule has 0 radical (unpaired) electrons. The van der Waals surface area contributed by atoms with Crippen LogP contribution in [0, 0.1) is 5.92 Å². The van der Waals surface area contributed by atoms with Gasteiger partial charge in [0.1, 0.15) is 5.60 Å². The van der Waals surface area contributed by atoms with Gasteiger partial charge in [0.05, 0.1) is 6.33 Å². The Morgan fingerprint density at radius 3 is 2.89 bits per heavy atom. The van der Waals surface area contributed by atoms with Gasteiger partial charge < -0.3 is 14.2 Å². The van der Waals surface area contributed by atoms with E-state index in [1.807, 2.05) is 33.3 Å². The molecule has 1 aromatic heterocycles. The Labute approximate surface area is 108 Å². The lowest BCUT2D eigenvalue weighted by molar-refractivity contribution is 0.0287. The van der Waals surface area contributed by atoms with Gasteiger partial charge in [-0.25, -0.2) is 9.78 Å². The summed E-state index contributed by atoms with van der Waals surface area (Å²) in [6.07, 6.45) is 6.38. The molecule has 0 saturated carbocycles. The van der Waals surface area contributed by atoms with Crippen molar-refractivity contribution in [1.82, 2.24) is 14.5 Å². The molecular formula is C13H21N3O2. The number of likely N-dealkylation sites (tertiary alicyclic amines) is 1. The molecule has 1 aliphatic heterocycles. The Kier molecular flexibility index (Phi) is 3.59. The van der Waals surface area contributed by atoms with E-state index in [4.69, 9.17) is 4.74 Å². The van der Waals surface area contributed by atoms with Crippen molar-refractivity contribution in [1.29, 1.82) is 0 Å². The first-order valence-corrected chi connectivity index (χ1v) is 6.38. The molecule has 0 aromatic carbocycles. The van der Waals surface area contributed by atoms with Gasteiger partial charge in [0.15, 0.2) is 0 Å². The van der Waals surface area contributed by atoms with Crippen molar-refractivity contribution < 1.29 is 9.53 Å². The van der Waals surface area contributed by atoms with Crippen LogP contribution >= 0.6 is 0 Å². The SMILES string of the molecule is CC(C)(C)OC(=O)N1CC[C@H](Cn2ccnc2)C1. The predicted molar refractivity (Wildman–Crippen MR) is 68.1 cm³/mol. The van der Waals surface area contributed by atoms with E-state index in [2.05, 4.69) is 9.55 Å². The molecule has 5 nitrogen and oxygen atoms in total. The first-order chi connectivity index (χ1) is 8.44. The number of rotatable bonds is 2. The third-order valence-electron chi connectivity index (χ3n) is 2.97. The highest BCUT2D eigenvalue weighted by atomic mass is 16.6. The quantitative estimate of drug-likeness (QED) is 0.809. The van der Waals surface area contributed by atoms with Gasteiger partial charge in [0.25, 0.3) is 0 Å². The number of aromatic nitrogens is 2. The summed E-state index contributed by atoms with van der Waals surface area (Å²) in [5.74, 6) is 0.492. The monoisotopic (exact) mass is 251 g/mol. The summed E-state index contributed by atoms with van der Waals surface area (Å²) in [4.78, 5) is 17.7. The summed E-state index contributed by atoms with van der Waals surface area (Å²) in [5, 5.41) is 0. The summed E-state index contributed by atoms with van der Waals surface area (Å²) in [6.45, 7) is 8.15. The first-order valence-electron chi connectivity index (χ1n) is 6.38. The third kappa shape index (κ3) is 3.48. The molecule has 100 valence electrons. The maximum atomic E-state index is 11.9. The second-order valence-corrected chi connectivity index (χ2v) is 5.84. The van der Waals surface area contributed by atoms with E-state index in [1.165, 1.54) is 0 Å². The number of carbonyl (C=O) groups excluding carboxylic acids is 1. The molecule has 1 aromatic rings. The van der Waals surface area contributed by atoms with E-state index < -0.39 is 5.60 Å². The van der Waals surface area contributed by atoms with E-state index in [0.717, 1.165) is 26.1 Å². The predicted octanol–water partition coefficient (Wildman–Crippen LogP) is 2.14. The molecule has 0 unspecified atom stereocenters. The highest BCUT2D eigenvalue weighted by molar-refractivity contribution is 5.68. The maximum Gasteiger partial charge on any atom is 0.410 e. The van der Waals surface area contributed by atoms with E-state index >= 15 is 0 Å². The van der Waals surface area contributed by atoms with Crippen LogP contribution in [0.5, 0.6) is 0 Å². The van der Waals surface area contributed by atoms with Crippen molar-refractivity contribution >= 4 is 6.09 Å². The molecule has 5 heteroatoms. The lowest BCUT2D eigenvalue weighted by Crippen LogP contribution is -2.35. The Morgan fingerprint density at radius 1 is 1.50 bits per heavy atom. The minimum absolute atomic E-state index is 0.198. The van der Waals surface area contributed by atoms with Crippen LogP contribution in [-0.4, -0.2) is 39.2 Å². The van der Waals surface area contributed by atoms with E-state index in [-0.39, 0.29) is 6.09 Å². The standard InChI is InChI=1S/C13H21N3O2/c1-13(2,3)18-12(17)16-6-4-11(9-16)8-15-7-5-14-10-15/h5,7,10-11H,4,6,8-9H2,1-3H3/t11-/m1/s1. The van der Waals surface area contributed by atoms with Crippen molar-refractivity contribution in [3.8, 4) is 0 Å². The number of ether oxygens (including phenoxy) is 1. The topological polar surface area (TPSA) is 47.4 Å². The molecule has 1 saturated heterocycles. The zero-order chi connectivity index (χ0) is 13.2. The lowest BCUT2D eigenvalue weighted by Gasteiger charge is -2.24. The van der Waals surface area contributed by atoms with Gasteiger partial charge in [0, 0.05) is 32.0 Å². The van der Waals surface area contributed by atoms with Gasteiger partial charge >= 0.3 is 6.09 Å². The highest BCUT2D eigenvalue weighted by Crippen LogP contribution is 2.20. The molecular weight excluding hydrogens is 230 g/mol. The fraction of sp³-hybridized carbons (Fsp3) is 0.692. The van der Waals surface area contributed by atoms with Crippen molar-refractivity contribution in [2.24, 2.45) is 5.92 Å². The fourth-order valence-corrected chi connectivity index (χ4v) is 2.17. The first kappa shape index (κ1) is 12.9. The Hall–Kier alpha value is -1.52. The third-order valence-corrected chi connectivity index (χ3v) is 2.97. The van der Waals surface area contributed by atoms with E-state index in [0.29, 0.717) is 5.92 Å². The van der Waals surface area contributed by atoms with Crippen LogP contribution in [0.4, 0.5) is 4.79 Å². The number of imidazole rings is 1. The van der Waals surface area contributed by atoms with Gasteiger partial charge in [-0.1, -0.05) is 0 Å². The molecule has 0 bridgehead atoms. The number of amides is 1. The van der Waals surface area contributed by atoms with Crippen molar-refractivity contribution in [3.63, 3.8) is 0 Å². The Balaban J connectivity index is 1.83. The fourth-order valence-electron chi connectivity index (χ4n) is 2.17. The molecule has 0 spiro atoms. The Bertz CT molecular complexity index is 395. The number of carbonyl (C=O) groups is 1. The average molecular weight is 251 g/mol.